The Balaban J connectivity index is 3.46. The van der Waals surface area contributed by atoms with E-state index in [4.69, 9.17) is 0 Å². The summed E-state index contributed by atoms with van der Waals surface area (Å²) in [7, 11) is 1.42. The van der Waals surface area contributed by atoms with Gasteiger partial charge < -0.3 is 4.74 Å². The van der Waals surface area contributed by atoms with E-state index in [-0.39, 0.29) is 5.97 Å². The summed E-state index contributed by atoms with van der Waals surface area (Å²) in [5.41, 5.74) is 0.725. The van der Waals surface area contributed by atoms with Gasteiger partial charge in [0.05, 0.1) is 7.11 Å². The molecule has 0 aromatic carbocycles. The molecule has 0 fully saturated rings. The van der Waals surface area contributed by atoms with E-state index in [0.29, 0.717) is 0 Å². The Morgan fingerprint density at radius 1 is 1.21 bits per heavy atom. The number of ether oxygens (including phenoxy) is 1. The van der Waals surface area contributed by atoms with Crippen molar-refractivity contribution in [3.8, 4) is 0 Å². The van der Waals surface area contributed by atoms with E-state index in [1.165, 1.54) is 39.2 Å². The third-order valence-electron chi connectivity index (χ3n) is 2.27. The van der Waals surface area contributed by atoms with Crippen molar-refractivity contribution in [1.82, 2.24) is 0 Å². The van der Waals surface area contributed by atoms with Crippen molar-refractivity contribution in [3.63, 3.8) is 0 Å². The van der Waals surface area contributed by atoms with Crippen LogP contribution < -0.4 is 0 Å². The molecule has 0 spiro atoms. The summed E-state index contributed by atoms with van der Waals surface area (Å²) in [6.07, 6.45) is 9.30. The number of carbonyl (C=O) groups is 1. The van der Waals surface area contributed by atoms with Crippen LogP contribution in [0.1, 0.15) is 52.4 Å². The monoisotopic (exact) mass is 198 g/mol. The van der Waals surface area contributed by atoms with Crippen LogP contribution >= 0.6 is 0 Å². The second kappa shape index (κ2) is 8.79. The molecule has 0 N–H and O–H groups in total. The van der Waals surface area contributed by atoms with Crippen molar-refractivity contribution in [3.05, 3.63) is 11.6 Å². The third-order valence-corrected chi connectivity index (χ3v) is 2.27. The summed E-state index contributed by atoms with van der Waals surface area (Å²) in [6, 6.07) is 0. The van der Waals surface area contributed by atoms with Gasteiger partial charge in [-0.25, -0.2) is 4.79 Å². The zero-order valence-electron chi connectivity index (χ0n) is 9.64. The van der Waals surface area contributed by atoms with Gasteiger partial charge in [-0.15, -0.1) is 0 Å². The van der Waals surface area contributed by atoms with E-state index >= 15 is 0 Å². The standard InChI is InChI=1S/C12H22O2/c1-4-5-6-7-8-9-10-11(2)12(13)14-3/h10H,4-9H2,1-3H3. The first-order chi connectivity index (χ1) is 6.72. The fourth-order valence-corrected chi connectivity index (χ4v) is 1.31. The third kappa shape index (κ3) is 6.70. The Bertz CT molecular complexity index is 183. The Morgan fingerprint density at radius 2 is 1.86 bits per heavy atom. The van der Waals surface area contributed by atoms with Crippen LogP contribution in [0.3, 0.4) is 0 Å². The van der Waals surface area contributed by atoms with Crippen LogP contribution in [0.5, 0.6) is 0 Å². The highest BCUT2D eigenvalue weighted by Crippen LogP contribution is 2.07. The van der Waals surface area contributed by atoms with Gasteiger partial charge in [0.2, 0.25) is 0 Å². The fourth-order valence-electron chi connectivity index (χ4n) is 1.31. The van der Waals surface area contributed by atoms with Crippen LogP contribution in [-0.2, 0) is 9.53 Å². The van der Waals surface area contributed by atoms with Gasteiger partial charge in [0.25, 0.3) is 0 Å². The number of rotatable bonds is 7. The zero-order valence-corrected chi connectivity index (χ0v) is 9.64. The second-order valence-corrected chi connectivity index (χ2v) is 3.58. The first-order valence-corrected chi connectivity index (χ1v) is 5.47. The number of esters is 1. The van der Waals surface area contributed by atoms with Crippen LogP contribution in [0.25, 0.3) is 0 Å². The summed E-state index contributed by atoms with van der Waals surface area (Å²) in [4.78, 5) is 11.0. The van der Waals surface area contributed by atoms with Crippen molar-refractivity contribution in [2.24, 2.45) is 0 Å². The van der Waals surface area contributed by atoms with Crippen molar-refractivity contribution in [2.75, 3.05) is 7.11 Å². The average Bonchev–Trinajstić information content (AvgIpc) is 2.21. The topological polar surface area (TPSA) is 26.3 Å². The molecule has 0 atom stereocenters. The van der Waals surface area contributed by atoms with E-state index in [1.54, 1.807) is 6.92 Å². The largest absolute Gasteiger partial charge is 0.466 e. The quantitative estimate of drug-likeness (QED) is 0.356. The fraction of sp³-hybridized carbons (Fsp3) is 0.750. The minimum absolute atomic E-state index is 0.210. The number of allylic oxidation sites excluding steroid dienone is 1. The molecule has 0 unspecified atom stereocenters. The Morgan fingerprint density at radius 3 is 2.43 bits per heavy atom. The second-order valence-electron chi connectivity index (χ2n) is 3.58. The van der Waals surface area contributed by atoms with Gasteiger partial charge >= 0.3 is 5.97 Å². The molecule has 0 heterocycles. The molecule has 0 aliphatic rings. The van der Waals surface area contributed by atoms with Crippen molar-refractivity contribution >= 4 is 5.97 Å². The van der Waals surface area contributed by atoms with Gasteiger partial charge in [0.1, 0.15) is 0 Å². The molecule has 0 aliphatic heterocycles. The van der Waals surface area contributed by atoms with Gasteiger partial charge in [-0.2, -0.15) is 0 Å². The minimum atomic E-state index is -0.210. The van der Waals surface area contributed by atoms with Crippen LogP contribution in [0.2, 0.25) is 0 Å². The van der Waals surface area contributed by atoms with Gasteiger partial charge in [-0.1, -0.05) is 38.7 Å². The molecule has 82 valence electrons. The molecule has 0 aliphatic carbocycles. The average molecular weight is 198 g/mol. The van der Waals surface area contributed by atoms with E-state index in [9.17, 15) is 4.79 Å². The summed E-state index contributed by atoms with van der Waals surface area (Å²) in [5.74, 6) is -0.210. The summed E-state index contributed by atoms with van der Waals surface area (Å²) in [6.45, 7) is 4.01. The maximum Gasteiger partial charge on any atom is 0.333 e. The predicted octanol–water partition coefficient (Wildman–Crippen LogP) is 3.47. The lowest BCUT2D eigenvalue weighted by Crippen LogP contribution is -2.01. The smallest absolute Gasteiger partial charge is 0.333 e. The molecule has 2 heteroatoms. The molecule has 0 bridgehead atoms. The lowest BCUT2D eigenvalue weighted by molar-refractivity contribution is -0.136. The molecule has 0 amide bonds. The van der Waals surface area contributed by atoms with Crippen molar-refractivity contribution < 1.29 is 9.53 Å². The molecule has 0 saturated carbocycles. The van der Waals surface area contributed by atoms with Crippen LogP contribution in [0.15, 0.2) is 11.6 Å². The highest BCUT2D eigenvalue weighted by Gasteiger charge is 2.00. The van der Waals surface area contributed by atoms with Gasteiger partial charge in [0, 0.05) is 5.57 Å². The molecule has 0 saturated heterocycles. The normalized spacial score (nSPS) is 11.5. The number of hydrogen-bond donors (Lipinski definition) is 0. The summed E-state index contributed by atoms with van der Waals surface area (Å²) in [5, 5.41) is 0. The van der Waals surface area contributed by atoms with Crippen LogP contribution in [0, 0.1) is 0 Å². The molecular weight excluding hydrogens is 176 g/mol. The summed E-state index contributed by atoms with van der Waals surface area (Å²) >= 11 is 0. The van der Waals surface area contributed by atoms with E-state index in [2.05, 4.69) is 11.7 Å². The van der Waals surface area contributed by atoms with E-state index < -0.39 is 0 Å². The maximum absolute atomic E-state index is 11.0. The number of carbonyl (C=O) groups excluding carboxylic acids is 1. The lowest BCUT2D eigenvalue weighted by Gasteiger charge is -1.99. The molecule has 0 aromatic rings. The van der Waals surface area contributed by atoms with Crippen molar-refractivity contribution in [2.45, 2.75) is 52.4 Å². The minimum Gasteiger partial charge on any atom is -0.466 e. The van der Waals surface area contributed by atoms with E-state index in [1.807, 2.05) is 6.08 Å². The van der Waals surface area contributed by atoms with Gasteiger partial charge in [-0.3, -0.25) is 0 Å². The molecule has 14 heavy (non-hydrogen) atoms. The summed E-state index contributed by atoms with van der Waals surface area (Å²) < 4.78 is 4.60. The number of methoxy groups -OCH3 is 1. The Hall–Kier alpha value is -0.790. The number of hydrogen-bond acceptors (Lipinski definition) is 2. The number of unbranched alkanes of at least 4 members (excludes halogenated alkanes) is 5. The highest BCUT2D eigenvalue weighted by molar-refractivity contribution is 5.87. The molecule has 0 rings (SSSR count). The zero-order chi connectivity index (χ0) is 10.8. The maximum atomic E-state index is 11.0. The first-order valence-electron chi connectivity index (χ1n) is 5.47. The van der Waals surface area contributed by atoms with Gasteiger partial charge in [0.15, 0.2) is 0 Å². The molecular formula is C12H22O2. The van der Waals surface area contributed by atoms with E-state index in [0.717, 1.165) is 12.0 Å². The lowest BCUT2D eigenvalue weighted by atomic mass is 10.1. The highest BCUT2D eigenvalue weighted by atomic mass is 16.5. The first kappa shape index (κ1) is 13.2. The van der Waals surface area contributed by atoms with Gasteiger partial charge in [-0.05, 0) is 19.8 Å². The Kier molecular flexibility index (Phi) is 8.30. The predicted molar refractivity (Wildman–Crippen MR) is 59.1 cm³/mol. The van der Waals surface area contributed by atoms with Crippen molar-refractivity contribution in [1.29, 1.82) is 0 Å². The molecule has 2 nitrogen and oxygen atoms in total. The Labute approximate surface area is 87.3 Å². The molecule has 0 aromatic heterocycles. The van der Waals surface area contributed by atoms with Crippen LogP contribution in [-0.4, -0.2) is 13.1 Å². The molecule has 0 radical (unpaired) electrons. The SMILES string of the molecule is CCCCCCCC=C(C)C(=O)OC. The van der Waals surface area contributed by atoms with Crippen LogP contribution in [0.4, 0.5) is 0 Å².